The zero-order valence-electron chi connectivity index (χ0n) is 16.9. The monoisotopic (exact) mass is 480 g/mol. The van der Waals surface area contributed by atoms with Crippen molar-refractivity contribution in [3.63, 3.8) is 0 Å². The first-order valence-corrected chi connectivity index (χ1v) is 11.6. The summed E-state index contributed by atoms with van der Waals surface area (Å²) in [4.78, 5) is 41.6. The number of hydrogen-bond acceptors (Lipinski definition) is 7. The predicted molar refractivity (Wildman–Crippen MR) is 120 cm³/mol. The molecule has 1 aliphatic heterocycles. The van der Waals surface area contributed by atoms with Crippen LogP contribution in [0.5, 0.6) is 0 Å². The van der Waals surface area contributed by atoms with Crippen molar-refractivity contribution in [2.45, 2.75) is 30.6 Å². The molecule has 1 aromatic heterocycles. The van der Waals surface area contributed by atoms with Gasteiger partial charge in [-0.2, -0.15) is 0 Å². The van der Waals surface area contributed by atoms with Gasteiger partial charge < -0.3 is 21.1 Å². The number of amides is 3. The van der Waals surface area contributed by atoms with Crippen molar-refractivity contribution in [1.29, 1.82) is 0 Å². The van der Waals surface area contributed by atoms with E-state index in [1.165, 1.54) is 23.1 Å². The molecule has 3 amide bonds. The zero-order valence-corrected chi connectivity index (χ0v) is 19.2. The number of nitrogens with two attached hydrogens (primary N) is 1. The van der Waals surface area contributed by atoms with Crippen molar-refractivity contribution >= 4 is 52.6 Å². The molecule has 0 aliphatic carbocycles. The number of hydrogen-bond donors (Lipinski definition) is 3. The molecule has 0 saturated carbocycles. The number of benzene rings is 1. The Hall–Kier alpha value is -2.56. The summed E-state index contributed by atoms with van der Waals surface area (Å²) < 4.78 is 5.96. The number of esters is 1. The molecule has 1 unspecified atom stereocenters. The van der Waals surface area contributed by atoms with Crippen LogP contribution < -0.4 is 16.4 Å². The van der Waals surface area contributed by atoms with Crippen molar-refractivity contribution in [3.05, 3.63) is 56.7 Å². The summed E-state index contributed by atoms with van der Waals surface area (Å²) in [6.07, 6.45) is 0.125. The highest BCUT2D eigenvalue weighted by Gasteiger charge is 2.33. The fraction of sp³-hybridized carbons (Fsp3) is 0.300. The molecule has 31 heavy (non-hydrogen) atoms. The minimum atomic E-state index is -0.677. The number of carbonyl (C=O) groups is 3. The van der Waals surface area contributed by atoms with Gasteiger partial charge in [0.25, 0.3) is 0 Å². The van der Waals surface area contributed by atoms with E-state index in [0.29, 0.717) is 26.2 Å². The van der Waals surface area contributed by atoms with Crippen LogP contribution in [0.1, 0.15) is 29.1 Å². The number of aromatic nitrogens is 1. The molecule has 0 radical (unpaired) electrons. The Morgan fingerprint density at radius 3 is 2.68 bits per heavy atom. The lowest BCUT2D eigenvalue weighted by Crippen LogP contribution is -2.46. The van der Waals surface area contributed by atoms with E-state index < -0.39 is 23.9 Å². The molecular formula is C20H21ClN4O4S2. The lowest BCUT2D eigenvalue weighted by molar-refractivity contribution is -0.139. The second-order valence-corrected chi connectivity index (χ2v) is 9.36. The Kier molecular flexibility index (Phi) is 7.58. The van der Waals surface area contributed by atoms with Gasteiger partial charge in [-0.3, -0.25) is 4.79 Å². The number of thioether (sulfide) groups is 1. The van der Waals surface area contributed by atoms with Crippen LogP contribution in [0.15, 0.2) is 39.9 Å². The lowest BCUT2D eigenvalue weighted by atomic mass is 9.95. The molecule has 0 fully saturated rings. The number of thiazole rings is 1. The van der Waals surface area contributed by atoms with Gasteiger partial charge in [-0.05, 0) is 31.5 Å². The van der Waals surface area contributed by atoms with E-state index in [2.05, 4.69) is 15.6 Å². The fourth-order valence-corrected chi connectivity index (χ4v) is 5.34. The maximum absolute atomic E-state index is 12.8. The molecule has 1 aromatic carbocycles. The van der Waals surface area contributed by atoms with Gasteiger partial charge in [0.1, 0.15) is 0 Å². The number of halogens is 1. The van der Waals surface area contributed by atoms with E-state index >= 15 is 0 Å². The third-order valence-electron chi connectivity index (χ3n) is 4.40. The first-order chi connectivity index (χ1) is 14.8. The number of nitrogens with zero attached hydrogens (tertiary/aromatic N) is 1. The van der Waals surface area contributed by atoms with E-state index in [1.807, 2.05) is 6.92 Å². The molecule has 2 heterocycles. The standard InChI is InChI=1S/C20H21ClN4O4S2/c1-3-29-18(27)16-13(9-30-20-23-10(2)14(31-20)8-15(22)26)24-19(28)25-17(16)11-4-6-12(21)7-5-11/h4-7,17H,3,8-9H2,1-2H3,(H2,22,26)(H2,24,25,28). The summed E-state index contributed by atoms with van der Waals surface area (Å²) in [5.41, 5.74) is 7.49. The highest BCUT2D eigenvalue weighted by Crippen LogP contribution is 2.33. The molecule has 0 bridgehead atoms. The fourth-order valence-electron chi connectivity index (χ4n) is 3.01. The first kappa shape index (κ1) is 23.1. The van der Waals surface area contributed by atoms with E-state index in [-0.39, 0.29) is 18.8 Å². The second kappa shape index (κ2) is 10.2. The minimum absolute atomic E-state index is 0.125. The van der Waals surface area contributed by atoms with Gasteiger partial charge in [0, 0.05) is 21.3 Å². The number of primary amides is 1. The highest BCUT2D eigenvalue weighted by atomic mass is 35.5. The van der Waals surface area contributed by atoms with Crippen molar-refractivity contribution in [1.82, 2.24) is 15.6 Å². The van der Waals surface area contributed by atoms with Crippen molar-refractivity contribution in [2.24, 2.45) is 5.73 Å². The third kappa shape index (κ3) is 5.78. The number of ether oxygens (including phenoxy) is 1. The van der Waals surface area contributed by atoms with Gasteiger partial charge in [0.2, 0.25) is 5.91 Å². The average Bonchev–Trinajstić information content (AvgIpc) is 3.05. The Labute approximate surface area is 192 Å². The van der Waals surface area contributed by atoms with Crippen molar-refractivity contribution in [3.8, 4) is 0 Å². The first-order valence-electron chi connectivity index (χ1n) is 9.39. The molecule has 2 aromatic rings. The van der Waals surface area contributed by atoms with Crippen LogP contribution in [0.25, 0.3) is 0 Å². The molecule has 1 aliphatic rings. The van der Waals surface area contributed by atoms with Crippen molar-refractivity contribution in [2.75, 3.05) is 12.4 Å². The van der Waals surface area contributed by atoms with Gasteiger partial charge in [-0.1, -0.05) is 35.5 Å². The normalized spacial score (nSPS) is 16.0. The number of rotatable bonds is 8. The van der Waals surface area contributed by atoms with Crippen LogP contribution in [-0.4, -0.2) is 35.3 Å². The second-order valence-electron chi connectivity index (χ2n) is 6.62. The van der Waals surface area contributed by atoms with Crippen LogP contribution >= 0.6 is 34.7 Å². The van der Waals surface area contributed by atoms with Crippen molar-refractivity contribution < 1.29 is 19.1 Å². The molecule has 0 saturated heterocycles. The number of aryl methyl sites for hydroxylation is 1. The van der Waals surface area contributed by atoms with Crippen LogP contribution in [0, 0.1) is 6.92 Å². The summed E-state index contributed by atoms with van der Waals surface area (Å²) in [5, 5.41) is 6.05. The summed E-state index contributed by atoms with van der Waals surface area (Å²) in [6.45, 7) is 3.73. The van der Waals surface area contributed by atoms with Crippen LogP contribution in [0.4, 0.5) is 4.79 Å². The smallest absolute Gasteiger partial charge is 0.338 e. The number of urea groups is 1. The predicted octanol–water partition coefficient (Wildman–Crippen LogP) is 3.10. The Bertz CT molecular complexity index is 1040. The summed E-state index contributed by atoms with van der Waals surface area (Å²) >= 11 is 8.70. The molecule has 164 valence electrons. The number of nitrogens with one attached hydrogen (secondary N) is 2. The van der Waals surface area contributed by atoms with Gasteiger partial charge in [0.15, 0.2) is 4.34 Å². The maximum atomic E-state index is 12.8. The molecule has 1 atom stereocenters. The van der Waals surface area contributed by atoms with Gasteiger partial charge in [-0.15, -0.1) is 11.3 Å². The van der Waals surface area contributed by atoms with E-state index in [0.717, 1.165) is 10.6 Å². The molecule has 8 nitrogen and oxygen atoms in total. The van der Waals surface area contributed by atoms with E-state index in [1.54, 1.807) is 31.2 Å². The molecule has 4 N–H and O–H groups in total. The summed E-state index contributed by atoms with van der Waals surface area (Å²) in [7, 11) is 0. The average molecular weight is 481 g/mol. The van der Waals surface area contributed by atoms with Crippen LogP contribution in [0.3, 0.4) is 0 Å². The lowest BCUT2D eigenvalue weighted by Gasteiger charge is -2.29. The quantitative estimate of drug-likeness (QED) is 0.394. The Morgan fingerprint density at radius 2 is 2.03 bits per heavy atom. The maximum Gasteiger partial charge on any atom is 0.338 e. The van der Waals surface area contributed by atoms with E-state index in [4.69, 9.17) is 22.1 Å². The minimum Gasteiger partial charge on any atom is -0.463 e. The number of carbonyl (C=O) groups excluding carboxylic acids is 3. The Morgan fingerprint density at radius 1 is 1.32 bits per heavy atom. The summed E-state index contributed by atoms with van der Waals surface area (Å²) in [5.74, 6) is -0.656. The van der Waals surface area contributed by atoms with Gasteiger partial charge in [0.05, 0.1) is 30.3 Å². The Balaban J connectivity index is 1.91. The highest BCUT2D eigenvalue weighted by molar-refractivity contribution is 8.01. The van der Waals surface area contributed by atoms with Crippen LogP contribution in [0.2, 0.25) is 5.02 Å². The van der Waals surface area contributed by atoms with E-state index in [9.17, 15) is 14.4 Å². The van der Waals surface area contributed by atoms with Gasteiger partial charge >= 0.3 is 12.0 Å². The molecular weight excluding hydrogens is 460 g/mol. The molecule has 0 spiro atoms. The topological polar surface area (TPSA) is 123 Å². The molecule has 11 heteroatoms. The summed E-state index contributed by atoms with van der Waals surface area (Å²) in [6, 6.07) is 5.80. The SMILES string of the molecule is CCOC(=O)C1=C(CSc2nc(C)c(CC(N)=O)s2)NC(=O)NC1c1ccc(Cl)cc1. The zero-order chi connectivity index (χ0) is 22.5. The molecule has 3 rings (SSSR count). The largest absolute Gasteiger partial charge is 0.463 e. The third-order valence-corrected chi connectivity index (χ3v) is 6.98. The van der Waals surface area contributed by atoms with Crippen LogP contribution in [-0.2, 0) is 20.7 Å². The van der Waals surface area contributed by atoms with Gasteiger partial charge in [-0.25, -0.2) is 14.6 Å².